The van der Waals surface area contributed by atoms with Crippen molar-refractivity contribution in [3.05, 3.63) is 51.5 Å². The Hall–Kier alpha value is -3.60. The zero-order valence-electron chi connectivity index (χ0n) is 19.5. The number of rotatable bonds is 9. The van der Waals surface area contributed by atoms with Gasteiger partial charge >= 0.3 is 17.9 Å². The van der Waals surface area contributed by atoms with Gasteiger partial charge in [0.2, 0.25) is 5.88 Å². The molecule has 11 nitrogen and oxygen atoms in total. The van der Waals surface area contributed by atoms with Gasteiger partial charge in [-0.25, -0.2) is 18.6 Å². The molecular formula is C20H21F5N6O5S. The highest BCUT2D eigenvalue weighted by molar-refractivity contribution is 7.59. The smallest absolute Gasteiger partial charge is 0.425 e. The molecule has 0 fully saturated rings. The van der Waals surface area contributed by atoms with Crippen LogP contribution in [0.5, 0.6) is 11.9 Å². The average Bonchev–Trinajstić information content (AvgIpc) is 3.15. The monoisotopic (exact) mass is 552 g/mol. The van der Waals surface area contributed by atoms with Crippen LogP contribution in [0.15, 0.2) is 17.1 Å². The molecule has 0 saturated heterocycles. The highest BCUT2D eigenvalue weighted by Gasteiger charge is 2.39. The number of ether oxygens (including phenoxy) is 2. The number of carbonyl (C=O) groups is 1. The Kier molecular flexibility index (Phi) is 9.32. The number of nitrogens with zero attached hydrogens (tertiary/aromatic N) is 6. The van der Waals surface area contributed by atoms with E-state index >= 15 is 4.39 Å². The first-order chi connectivity index (χ1) is 16.9. The molecule has 202 valence electrons. The number of pyridine rings is 1. The van der Waals surface area contributed by atoms with Crippen molar-refractivity contribution < 1.29 is 41.3 Å². The minimum atomic E-state index is -4.90. The summed E-state index contributed by atoms with van der Waals surface area (Å²) in [5.74, 6) is -5.46. The van der Waals surface area contributed by atoms with E-state index in [2.05, 4.69) is 20.1 Å². The van der Waals surface area contributed by atoms with E-state index in [-0.39, 0.29) is 31.9 Å². The molecule has 0 unspecified atom stereocenters. The molecule has 0 aromatic carbocycles. The van der Waals surface area contributed by atoms with Crippen molar-refractivity contribution in [1.29, 1.82) is 0 Å². The highest BCUT2D eigenvalue weighted by atomic mass is 32.1. The molecule has 3 aromatic heterocycles. The molecule has 1 atom stereocenters. The molecule has 0 spiro atoms. The van der Waals surface area contributed by atoms with Crippen LogP contribution < -0.4 is 15.2 Å². The predicted molar refractivity (Wildman–Crippen MR) is 120 cm³/mol. The summed E-state index contributed by atoms with van der Waals surface area (Å²) in [6, 6.07) is 0.210. The van der Waals surface area contributed by atoms with Gasteiger partial charge in [-0.3, -0.25) is 9.36 Å². The second-order valence-electron chi connectivity index (χ2n) is 7.21. The molecule has 17 heteroatoms. The van der Waals surface area contributed by atoms with Crippen LogP contribution in [0.2, 0.25) is 0 Å². The van der Waals surface area contributed by atoms with Crippen molar-refractivity contribution in [3.8, 4) is 17.7 Å². The van der Waals surface area contributed by atoms with Gasteiger partial charge in [0.25, 0.3) is 0 Å². The van der Waals surface area contributed by atoms with Gasteiger partial charge in [0, 0.05) is 6.54 Å². The Bertz CT molecular complexity index is 1350. The molecule has 0 amide bonds. The van der Waals surface area contributed by atoms with Crippen molar-refractivity contribution in [2.75, 3.05) is 7.11 Å². The SMILES string of the molecule is CCn1c(CO)nn(-c2nc(O[C@@H](C)C(F)(F)F)c(C(=O)Cc3nc(OC)ncc3F)cc2F)c1=O.S. The Balaban J connectivity index is 0.00000481. The van der Waals surface area contributed by atoms with Gasteiger partial charge in [0.1, 0.15) is 6.61 Å². The predicted octanol–water partition coefficient (Wildman–Crippen LogP) is 1.89. The number of aliphatic hydroxyl groups is 1. The standard InChI is InChI=1S/C20H19F5N6O5.H2S/c1-4-30-15(8-32)29-31(19(30)34)16-11(21)5-10(17(28-16)36-9(2)20(23,24)25)14(33)6-13-12(22)7-26-18(27-13)35-3;/h5,7,9,32H,4,6,8H2,1-3H3;1H2/t9-;/m0./s1. The lowest BCUT2D eigenvalue weighted by molar-refractivity contribution is -0.190. The van der Waals surface area contributed by atoms with Gasteiger partial charge in [-0.2, -0.15) is 41.3 Å². The summed E-state index contributed by atoms with van der Waals surface area (Å²) in [5.41, 5.74) is -2.19. The largest absolute Gasteiger partial charge is 0.467 e. The maximum absolute atomic E-state index is 15.0. The minimum absolute atomic E-state index is 0. The van der Waals surface area contributed by atoms with Gasteiger partial charge in [0.05, 0.1) is 31.0 Å². The Morgan fingerprint density at radius 1 is 1.22 bits per heavy atom. The molecule has 37 heavy (non-hydrogen) atoms. The van der Waals surface area contributed by atoms with E-state index in [1.54, 1.807) is 6.92 Å². The van der Waals surface area contributed by atoms with Crippen molar-refractivity contribution in [2.45, 2.75) is 45.7 Å². The van der Waals surface area contributed by atoms with E-state index in [0.717, 1.165) is 4.57 Å². The van der Waals surface area contributed by atoms with Crippen molar-refractivity contribution in [2.24, 2.45) is 0 Å². The van der Waals surface area contributed by atoms with E-state index in [4.69, 9.17) is 9.47 Å². The number of carbonyl (C=O) groups excluding carboxylic acids is 1. The molecule has 0 aliphatic rings. The third-order valence-corrected chi connectivity index (χ3v) is 4.87. The fourth-order valence-electron chi connectivity index (χ4n) is 3.00. The zero-order valence-corrected chi connectivity index (χ0v) is 20.5. The molecule has 0 aliphatic heterocycles. The van der Waals surface area contributed by atoms with E-state index in [1.807, 2.05) is 0 Å². The second-order valence-corrected chi connectivity index (χ2v) is 7.21. The first kappa shape index (κ1) is 29.6. The molecular weight excluding hydrogens is 531 g/mol. The minimum Gasteiger partial charge on any atom is -0.467 e. The molecule has 0 bridgehead atoms. The summed E-state index contributed by atoms with van der Waals surface area (Å²) in [7, 11) is 1.19. The van der Waals surface area contributed by atoms with Crippen molar-refractivity contribution in [3.63, 3.8) is 0 Å². The van der Waals surface area contributed by atoms with Crippen LogP contribution in [0.25, 0.3) is 5.82 Å². The number of aromatic nitrogens is 6. The molecule has 0 saturated carbocycles. The number of alkyl halides is 3. The first-order valence-electron chi connectivity index (χ1n) is 10.2. The van der Waals surface area contributed by atoms with Crippen LogP contribution in [-0.2, 0) is 19.6 Å². The third-order valence-electron chi connectivity index (χ3n) is 4.87. The summed E-state index contributed by atoms with van der Waals surface area (Å²) in [6.07, 6.45) is -7.51. The number of ketones is 1. The van der Waals surface area contributed by atoms with Crippen LogP contribution in [0.4, 0.5) is 22.0 Å². The number of methoxy groups -OCH3 is 1. The van der Waals surface area contributed by atoms with E-state index in [1.165, 1.54) is 7.11 Å². The molecule has 3 heterocycles. The maximum Gasteiger partial charge on any atom is 0.425 e. The molecule has 1 N–H and O–H groups in total. The summed E-state index contributed by atoms with van der Waals surface area (Å²) < 4.78 is 79.6. The van der Waals surface area contributed by atoms with Crippen molar-refractivity contribution in [1.82, 2.24) is 29.3 Å². The average molecular weight is 552 g/mol. The van der Waals surface area contributed by atoms with E-state index < -0.39 is 71.4 Å². The highest BCUT2D eigenvalue weighted by Crippen LogP contribution is 2.29. The molecule has 0 radical (unpaired) electrons. The Morgan fingerprint density at radius 2 is 1.89 bits per heavy atom. The number of hydrogen-bond donors (Lipinski definition) is 1. The number of Topliss-reactive ketones (excluding diaryl/α,β-unsaturated/α-hetero) is 1. The van der Waals surface area contributed by atoms with Gasteiger partial charge in [0.15, 0.2) is 35.2 Å². The van der Waals surface area contributed by atoms with Crippen LogP contribution in [-0.4, -0.2) is 59.6 Å². The lowest BCUT2D eigenvalue weighted by atomic mass is 10.1. The summed E-state index contributed by atoms with van der Waals surface area (Å²) >= 11 is 0. The first-order valence-corrected chi connectivity index (χ1v) is 10.2. The van der Waals surface area contributed by atoms with Gasteiger partial charge in [-0.1, -0.05) is 0 Å². The third kappa shape index (κ3) is 6.22. The number of halogens is 5. The van der Waals surface area contributed by atoms with E-state index in [9.17, 15) is 32.3 Å². The van der Waals surface area contributed by atoms with Crippen LogP contribution in [0.1, 0.15) is 35.7 Å². The topological polar surface area (TPSA) is 134 Å². The quantitative estimate of drug-likeness (QED) is 0.312. The molecule has 3 rings (SSSR count). The molecule has 3 aromatic rings. The van der Waals surface area contributed by atoms with Crippen LogP contribution in [0, 0.1) is 11.6 Å². The second kappa shape index (κ2) is 11.6. The van der Waals surface area contributed by atoms with Crippen molar-refractivity contribution >= 4 is 19.3 Å². The number of aliphatic hydroxyl groups excluding tert-OH is 1. The van der Waals surface area contributed by atoms with Gasteiger partial charge < -0.3 is 14.6 Å². The normalized spacial score (nSPS) is 12.1. The van der Waals surface area contributed by atoms with Gasteiger partial charge in [-0.05, 0) is 19.9 Å². The maximum atomic E-state index is 15.0. The van der Waals surface area contributed by atoms with Crippen LogP contribution >= 0.6 is 13.5 Å². The Morgan fingerprint density at radius 3 is 2.43 bits per heavy atom. The van der Waals surface area contributed by atoms with Crippen LogP contribution in [0.3, 0.4) is 0 Å². The number of hydrogen-bond acceptors (Lipinski definition) is 9. The summed E-state index contributed by atoms with van der Waals surface area (Å²) in [4.78, 5) is 36.3. The Labute approximate surface area is 212 Å². The fraction of sp³-hybridized carbons (Fsp3) is 0.400. The summed E-state index contributed by atoms with van der Waals surface area (Å²) in [6.45, 7) is 1.50. The fourth-order valence-corrected chi connectivity index (χ4v) is 3.00. The zero-order chi connectivity index (χ0) is 26.8. The molecule has 0 aliphatic carbocycles. The van der Waals surface area contributed by atoms with E-state index in [0.29, 0.717) is 23.9 Å². The van der Waals surface area contributed by atoms with Gasteiger partial charge in [-0.15, -0.1) is 5.10 Å². The summed E-state index contributed by atoms with van der Waals surface area (Å²) in [5, 5.41) is 13.1. The lowest BCUT2D eigenvalue weighted by Gasteiger charge is -2.19. The lowest BCUT2D eigenvalue weighted by Crippen LogP contribution is -2.32.